The second kappa shape index (κ2) is 5.95. The van der Waals surface area contributed by atoms with Crippen LogP contribution in [-0.2, 0) is 7.05 Å². The molecular formula is C18H24N4O. The quantitative estimate of drug-likeness (QED) is 0.874. The first-order chi connectivity index (χ1) is 11.2. The van der Waals surface area contributed by atoms with Crippen LogP contribution in [0.3, 0.4) is 0 Å². The van der Waals surface area contributed by atoms with Gasteiger partial charge in [-0.3, -0.25) is 4.79 Å². The zero-order valence-corrected chi connectivity index (χ0v) is 13.7. The number of rotatable bonds is 3. The summed E-state index contributed by atoms with van der Waals surface area (Å²) in [5, 5.41) is 8.20. The predicted octanol–water partition coefficient (Wildman–Crippen LogP) is 3.30. The van der Waals surface area contributed by atoms with Crippen LogP contribution in [-0.4, -0.2) is 37.9 Å². The van der Waals surface area contributed by atoms with E-state index in [1.54, 1.807) is 4.68 Å². The van der Waals surface area contributed by atoms with Gasteiger partial charge in [-0.05, 0) is 43.9 Å². The van der Waals surface area contributed by atoms with Gasteiger partial charge in [0, 0.05) is 24.7 Å². The normalized spacial score (nSPS) is 19.7. The predicted molar refractivity (Wildman–Crippen MR) is 89.2 cm³/mol. The van der Waals surface area contributed by atoms with Crippen molar-refractivity contribution in [1.29, 1.82) is 0 Å². The average Bonchev–Trinajstić information content (AvgIpc) is 3.30. The van der Waals surface area contributed by atoms with Crippen LogP contribution in [0.25, 0.3) is 11.0 Å². The zero-order chi connectivity index (χ0) is 15.8. The van der Waals surface area contributed by atoms with Gasteiger partial charge in [0.2, 0.25) is 0 Å². The molecule has 1 aromatic heterocycles. The molecule has 4 rings (SSSR count). The fourth-order valence-corrected chi connectivity index (χ4v) is 4.32. The number of aromatic nitrogens is 3. The van der Waals surface area contributed by atoms with Crippen molar-refractivity contribution < 1.29 is 4.79 Å². The lowest BCUT2D eigenvalue weighted by Crippen LogP contribution is -2.45. The van der Waals surface area contributed by atoms with Gasteiger partial charge in [-0.2, -0.15) is 0 Å². The Morgan fingerprint density at radius 2 is 1.70 bits per heavy atom. The van der Waals surface area contributed by atoms with Gasteiger partial charge in [-0.25, -0.2) is 4.68 Å². The minimum Gasteiger partial charge on any atom is -0.333 e. The van der Waals surface area contributed by atoms with Crippen molar-refractivity contribution in [2.45, 2.75) is 63.5 Å². The third-order valence-electron chi connectivity index (χ3n) is 5.53. The highest BCUT2D eigenvalue weighted by molar-refractivity contribution is 5.97. The number of benzene rings is 1. The third kappa shape index (κ3) is 2.62. The van der Waals surface area contributed by atoms with Crippen molar-refractivity contribution in [3.63, 3.8) is 0 Å². The summed E-state index contributed by atoms with van der Waals surface area (Å²) in [6, 6.07) is 6.67. The molecule has 0 spiro atoms. The van der Waals surface area contributed by atoms with E-state index in [1.807, 2.05) is 25.2 Å². The van der Waals surface area contributed by atoms with E-state index in [4.69, 9.17) is 0 Å². The Morgan fingerprint density at radius 1 is 1.09 bits per heavy atom. The number of hydrogen-bond donors (Lipinski definition) is 0. The van der Waals surface area contributed by atoms with Crippen molar-refractivity contribution >= 4 is 16.9 Å². The molecule has 0 aliphatic heterocycles. The number of carbonyl (C=O) groups excluding carboxylic acids is 1. The van der Waals surface area contributed by atoms with Crippen LogP contribution in [0.2, 0.25) is 0 Å². The minimum absolute atomic E-state index is 0.191. The van der Waals surface area contributed by atoms with Gasteiger partial charge in [-0.15, -0.1) is 5.10 Å². The zero-order valence-electron chi connectivity index (χ0n) is 13.7. The van der Waals surface area contributed by atoms with E-state index >= 15 is 0 Å². The topological polar surface area (TPSA) is 51.0 Å². The lowest BCUT2D eigenvalue weighted by molar-refractivity contribution is 0.0580. The molecule has 0 radical (unpaired) electrons. The Balaban J connectivity index is 1.66. The van der Waals surface area contributed by atoms with Crippen molar-refractivity contribution in [1.82, 2.24) is 19.9 Å². The number of fused-ring (bicyclic) bond motifs is 1. The lowest BCUT2D eigenvalue weighted by atomic mass is 10.1. The molecule has 0 N–H and O–H groups in total. The van der Waals surface area contributed by atoms with Crippen molar-refractivity contribution in [2.24, 2.45) is 7.05 Å². The molecule has 0 atom stereocenters. The summed E-state index contributed by atoms with van der Waals surface area (Å²) < 4.78 is 1.75. The molecule has 5 nitrogen and oxygen atoms in total. The Bertz CT molecular complexity index is 695. The molecule has 2 aliphatic rings. The number of nitrogens with zero attached hydrogens (tertiary/aromatic N) is 4. The van der Waals surface area contributed by atoms with Crippen LogP contribution in [0.4, 0.5) is 0 Å². The number of carbonyl (C=O) groups is 1. The molecule has 5 heteroatoms. The van der Waals surface area contributed by atoms with Crippen molar-refractivity contribution in [3.05, 3.63) is 23.8 Å². The van der Waals surface area contributed by atoms with Gasteiger partial charge in [-0.1, -0.05) is 30.9 Å². The summed E-state index contributed by atoms with van der Waals surface area (Å²) >= 11 is 0. The first kappa shape index (κ1) is 14.7. The molecule has 122 valence electrons. The first-order valence-electron chi connectivity index (χ1n) is 8.86. The third-order valence-corrected chi connectivity index (χ3v) is 5.53. The van der Waals surface area contributed by atoms with E-state index in [0.29, 0.717) is 12.1 Å². The molecular weight excluding hydrogens is 288 g/mol. The van der Waals surface area contributed by atoms with E-state index in [1.165, 1.54) is 25.7 Å². The summed E-state index contributed by atoms with van der Waals surface area (Å²) in [6.07, 6.45) is 9.67. The highest BCUT2D eigenvalue weighted by Crippen LogP contribution is 2.33. The molecule has 1 aromatic carbocycles. The number of hydrogen-bond acceptors (Lipinski definition) is 3. The van der Waals surface area contributed by atoms with Crippen LogP contribution in [0.15, 0.2) is 18.2 Å². The molecule has 2 aliphatic carbocycles. The molecule has 23 heavy (non-hydrogen) atoms. The highest BCUT2D eigenvalue weighted by atomic mass is 16.2. The lowest BCUT2D eigenvalue weighted by Gasteiger charge is -2.34. The van der Waals surface area contributed by atoms with Crippen LogP contribution >= 0.6 is 0 Å². The molecule has 1 heterocycles. The SMILES string of the molecule is Cn1nnc2cc(C(=O)N(C3CCCC3)C3CCCC3)ccc21. The number of aryl methyl sites for hydroxylation is 1. The molecule has 0 saturated heterocycles. The molecule has 1 amide bonds. The fraction of sp³-hybridized carbons (Fsp3) is 0.611. The monoisotopic (exact) mass is 312 g/mol. The summed E-state index contributed by atoms with van der Waals surface area (Å²) in [6.45, 7) is 0. The minimum atomic E-state index is 0.191. The standard InChI is InChI=1S/C18H24N4O/c1-21-17-11-10-13(12-16(17)19-20-21)18(23)22(14-6-2-3-7-14)15-8-4-5-9-15/h10-12,14-15H,2-9H2,1H3. The molecule has 2 saturated carbocycles. The van der Waals surface area contributed by atoms with Crippen molar-refractivity contribution in [2.75, 3.05) is 0 Å². The van der Waals surface area contributed by atoms with E-state index in [2.05, 4.69) is 15.2 Å². The van der Waals surface area contributed by atoms with Crippen LogP contribution in [0.5, 0.6) is 0 Å². The summed E-state index contributed by atoms with van der Waals surface area (Å²) in [4.78, 5) is 15.5. The first-order valence-corrected chi connectivity index (χ1v) is 8.86. The van der Waals surface area contributed by atoms with Gasteiger partial charge < -0.3 is 4.90 Å². The van der Waals surface area contributed by atoms with Gasteiger partial charge in [0.05, 0.1) is 5.52 Å². The van der Waals surface area contributed by atoms with Crippen LogP contribution in [0.1, 0.15) is 61.7 Å². The number of amides is 1. The molecule has 2 aromatic rings. The van der Waals surface area contributed by atoms with Crippen molar-refractivity contribution in [3.8, 4) is 0 Å². The maximum absolute atomic E-state index is 13.2. The van der Waals surface area contributed by atoms with Gasteiger partial charge in [0.1, 0.15) is 5.52 Å². The second-order valence-corrected chi connectivity index (χ2v) is 7.01. The molecule has 0 bridgehead atoms. The van der Waals surface area contributed by atoms with Gasteiger partial charge in [0.25, 0.3) is 5.91 Å². The fourth-order valence-electron chi connectivity index (χ4n) is 4.32. The highest BCUT2D eigenvalue weighted by Gasteiger charge is 2.34. The maximum atomic E-state index is 13.2. The van der Waals surface area contributed by atoms with Crippen LogP contribution in [0, 0.1) is 0 Å². The van der Waals surface area contributed by atoms with E-state index in [-0.39, 0.29) is 5.91 Å². The molecule has 2 fully saturated rings. The Kier molecular flexibility index (Phi) is 3.79. The van der Waals surface area contributed by atoms with Gasteiger partial charge >= 0.3 is 0 Å². The summed E-state index contributed by atoms with van der Waals surface area (Å²) in [5.74, 6) is 0.191. The van der Waals surface area contributed by atoms with E-state index in [9.17, 15) is 4.79 Å². The largest absolute Gasteiger partial charge is 0.333 e. The molecule has 0 unspecified atom stereocenters. The smallest absolute Gasteiger partial charge is 0.254 e. The Morgan fingerprint density at radius 3 is 2.30 bits per heavy atom. The second-order valence-electron chi connectivity index (χ2n) is 7.01. The van der Waals surface area contributed by atoms with Gasteiger partial charge in [0.15, 0.2) is 0 Å². The average molecular weight is 312 g/mol. The van der Waals surface area contributed by atoms with E-state index < -0.39 is 0 Å². The van der Waals surface area contributed by atoms with Crippen LogP contribution < -0.4 is 0 Å². The Labute approximate surface area is 136 Å². The maximum Gasteiger partial charge on any atom is 0.254 e. The summed E-state index contributed by atoms with van der Waals surface area (Å²) in [7, 11) is 1.88. The summed E-state index contributed by atoms with van der Waals surface area (Å²) in [5.41, 5.74) is 2.53. The Hall–Kier alpha value is -1.91. The van der Waals surface area contributed by atoms with E-state index in [0.717, 1.165) is 42.3 Å².